The van der Waals surface area contributed by atoms with E-state index < -0.39 is 0 Å². The summed E-state index contributed by atoms with van der Waals surface area (Å²) in [6, 6.07) is 17.4. The highest BCUT2D eigenvalue weighted by Crippen LogP contribution is 2.26. The standard InChI is InChI=1S/C22H21N3/c1-14-4-6-18(7-5-14)20-12-19-21(23-13-24-22(19)25-20)11-17-9-15(2)8-16(3)10-17/h4-10,12-13H,11H2,1-3H3,(H,23,24,25). The highest BCUT2D eigenvalue weighted by Gasteiger charge is 2.10. The van der Waals surface area contributed by atoms with Crippen molar-refractivity contribution >= 4 is 11.0 Å². The fourth-order valence-electron chi connectivity index (χ4n) is 3.39. The molecule has 0 amide bonds. The summed E-state index contributed by atoms with van der Waals surface area (Å²) in [5, 5.41) is 1.09. The number of aromatic nitrogens is 3. The predicted molar refractivity (Wildman–Crippen MR) is 103 cm³/mol. The molecule has 2 heterocycles. The van der Waals surface area contributed by atoms with Crippen molar-refractivity contribution in [3.63, 3.8) is 0 Å². The van der Waals surface area contributed by atoms with Gasteiger partial charge in [0.2, 0.25) is 0 Å². The number of nitrogens with one attached hydrogen (secondary N) is 1. The Kier molecular flexibility index (Phi) is 3.85. The van der Waals surface area contributed by atoms with Gasteiger partial charge in [-0.05, 0) is 38.0 Å². The van der Waals surface area contributed by atoms with Crippen LogP contribution in [0.4, 0.5) is 0 Å². The summed E-state index contributed by atoms with van der Waals surface area (Å²) in [6.45, 7) is 6.37. The molecule has 1 N–H and O–H groups in total. The lowest BCUT2D eigenvalue weighted by Gasteiger charge is -2.05. The number of rotatable bonds is 3. The van der Waals surface area contributed by atoms with Gasteiger partial charge in [0.05, 0.1) is 5.69 Å². The number of nitrogens with zero attached hydrogens (tertiary/aromatic N) is 2. The third-order valence-corrected chi connectivity index (χ3v) is 4.52. The van der Waals surface area contributed by atoms with Crippen LogP contribution < -0.4 is 0 Å². The fourth-order valence-corrected chi connectivity index (χ4v) is 3.39. The number of fused-ring (bicyclic) bond motifs is 1. The van der Waals surface area contributed by atoms with Gasteiger partial charge in [-0.25, -0.2) is 9.97 Å². The molecule has 4 rings (SSSR count). The van der Waals surface area contributed by atoms with Crippen LogP contribution in [-0.4, -0.2) is 15.0 Å². The van der Waals surface area contributed by atoms with Gasteiger partial charge in [0.15, 0.2) is 0 Å². The van der Waals surface area contributed by atoms with Crippen LogP contribution in [0.3, 0.4) is 0 Å². The molecular weight excluding hydrogens is 306 g/mol. The van der Waals surface area contributed by atoms with E-state index in [-0.39, 0.29) is 0 Å². The van der Waals surface area contributed by atoms with Gasteiger partial charge in [-0.15, -0.1) is 0 Å². The summed E-state index contributed by atoms with van der Waals surface area (Å²) in [6.07, 6.45) is 2.46. The number of hydrogen-bond donors (Lipinski definition) is 1. The molecule has 0 radical (unpaired) electrons. The minimum atomic E-state index is 0.812. The summed E-state index contributed by atoms with van der Waals surface area (Å²) in [5.74, 6) is 0. The third kappa shape index (κ3) is 3.18. The van der Waals surface area contributed by atoms with E-state index in [0.717, 1.165) is 28.8 Å². The van der Waals surface area contributed by atoms with E-state index in [1.165, 1.54) is 27.8 Å². The van der Waals surface area contributed by atoms with E-state index in [9.17, 15) is 0 Å². The number of H-pyrrole nitrogens is 1. The largest absolute Gasteiger partial charge is 0.339 e. The van der Waals surface area contributed by atoms with E-state index in [2.05, 4.69) is 84.3 Å². The summed E-state index contributed by atoms with van der Waals surface area (Å²) in [5.41, 5.74) is 9.32. The molecule has 4 aromatic rings. The van der Waals surface area contributed by atoms with Crippen molar-refractivity contribution in [2.24, 2.45) is 0 Å². The minimum Gasteiger partial charge on any atom is -0.339 e. The molecule has 0 aliphatic rings. The molecule has 0 saturated heterocycles. The van der Waals surface area contributed by atoms with Crippen LogP contribution in [0.15, 0.2) is 54.9 Å². The second-order valence-corrected chi connectivity index (χ2v) is 6.80. The van der Waals surface area contributed by atoms with Crippen LogP contribution in [0.2, 0.25) is 0 Å². The molecule has 0 unspecified atom stereocenters. The Hall–Kier alpha value is -2.94. The zero-order valence-corrected chi connectivity index (χ0v) is 14.8. The Bertz CT molecular complexity index is 1020. The monoisotopic (exact) mass is 327 g/mol. The predicted octanol–water partition coefficient (Wildman–Crippen LogP) is 5.14. The van der Waals surface area contributed by atoms with E-state index in [1.54, 1.807) is 6.33 Å². The molecule has 0 atom stereocenters. The molecular formula is C22H21N3. The van der Waals surface area contributed by atoms with Crippen LogP contribution in [0.25, 0.3) is 22.3 Å². The van der Waals surface area contributed by atoms with Gasteiger partial charge in [0.1, 0.15) is 12.0 Å². The quantitative estimate of drug-likeness (QED) is 0.566. The van der Waals surface area contributed by atoms with Crippen molar-refractivity contribution in [3.8, 4) is 11.3 Å². The number of aromatic amines is 1. The first-order valence-corrected chi connectivity index (χ1v) is 8.55. The van der Waals surface area contributed by atoms with Crippen molar-refractivity contribution in [1.82, 2.24) is 15.0 Å². The lowest BCUT2D eigenvalue weighted by molar-refractivity contribution is 1.05. The summed E-state index contributed by atoms with van der Waals surface area (Å²) in [7, 11) is 0. The first kappa shape index (κ1) is 15.6. The normalized spacial score (nSPS) is 11.2. The van der Waals surface area contributed by atoms with Crippen molar-refractivity contribution in [2.75, 3.05) is 0 Å². The zero-order chi connectivity index (χ0) is 17.4. The minimum absolute atomic E-state index is 0.812. The van der Waals surface area contributed by atoms with Crippen LogP contribution in [0.1, 0.15) is 27.9 Å². The maximum Gasteiger partial charge on any atom is 0.141 e. The average Bonchev–Trinajstić information content (AvgIpc) is 3.00. The Morgan fingerprint density at radius 3 is 2.24 bits per heavy atom. The lowest BCUT2D eigenvalue weighted by Crippen LogP contribution is -1.95. The number of aryl methyl sites for hydroxylation is 3. The molecule has 0 aliphatic carbocycles. The van der Waals surface area contributed by atoms with E-state index in [0.29, 0.717) is 0 Å². The van der Waals surface area contributed by atoms with E-state index in [1.807, 2.05) is 0 Å². The van der Waals surface area contributed by atoms with Crippen LogP contribution in [0, 0.1) is 20.8 Å². The van der Waals surface area contributed by atoms with Crippen LogP contribution in [0.5, 0.6) is 0 Å². The van der Waals surface area contributed by atoms with Crippen LogP contribution in [-0.2, 0) is 6.42 Å². The lowest BCUT2D eigenvalue weighted by atomic mass is 10.0. The van der Waals surface area contributed by atoms with Gasteiger partial charge >= 0.3 is 0 Å². The highest BCUT2D eigenvalue weighted by molar-refractivity contribution is 5.85. The Morgan fingerprint density at radius 1 is 0.800 bits per heavy atom. The number of benzene rings is 2. The van der Waals surface area contributed by atoms with Crippen molar-refractivity contribution < 1.29 is 0 Å². The average molecular weight is 327 g/mol. The topological polar surface area (TPSA) is 41.6 Å². The van der Waals surface area contributed by atoms with Gasteiger partial charge in [0.25, 0.3) is 0 Å². The molecule has 124 valence electrons. The Balaban J connectivity index is 1.76. The first-order chi connectivity index (χ1) is 12.1. The fraction of sp³-hybridized carbons (Fsp3) is 0.182. The highest BCUT2D eigenvalue weighted by atomic mass is 14.9. The second kappa shape index (κ2) is 6.17. The Labute approximate surface area is 147 Å². The van der Waals surface area contributed by atoms with Gasteiger partial charge in [-0.3, -0.25) is 0 Å². The van der Waals surface area contributed by atoms with Crippen molar-refractivity contribution in [3.05, 3.63) is 82.8 Å². The zero-order valence-electron chi connectivity index (χ0n) is 14.8. The molecule has 2 aromatic heterocycles. The molecule has 0 bridgehead atoms. The van der Waals surface area contributed by atoms with Crippen molar-refractivity contribution in [1.29, 1.82) is 0 Å². The molecule has 2 aromatic carbocycles. The molecule has 25 heavy (non-hydrogen) atoms. The third-order valence-electron chi connectivity index (χ3n) is 4.52. The van der Waals surface area contributed by atoms with Gasteiger partial charge in [-0.1, -0.05) is 59.2 Å². The summed E-state index contributed by atoms with van der Waals surface area (Å²) < 4.78 is 0. The molecule has 0 fully saturated rings. The van der Waals surface area contributed by atoms with Gasteiger partial charge in [0, 0.05) is 17.5 Å². The van der Waals surface area contributed by atoms with E-state index >= 15 is 0 Å². The maximum absolute atomic E-state index is 4.55. The SMILES string of the molecule is Cc1ccc(-c2cc3c(Cc4cc(C)cc(C)c4)ncnc3[nH]2)cc1. The van der Waals surface area contributed by atoms with Gasteiger partial charge in [-0.2, -0.15) is 0 Å². The Morgan fingerprint density at radius 2 is 1.52 bits per heavy atom. The summed E-state index contributed by atoms with van der Waals surface area (Å²) in [4.78, 5) is 12.4. The smallest absolute Gasteiger partial charge is 0.141 e. The molecule has 3 heteroatoms. The maximum atomic E-state index is 4.55. The summed E-state index contributed by atoms with van der Waals surface area (Å²) >= 11 is 0. The molecule has 0 saturated carbocycles. The number of hydrogen-bond acceptors (Lipinski definition) is 2. The molecule has 3 nitrogen and oxygen atoms in total. The van der Waals surface area contributed by atoms with Crippen LogP contribution >= 0.6 is 0 Å². The second-order valence-electron chi connectivity index (χ2n) is 6.80. The molecule has 0 aliphatic heterocycles. The first-order valence-electron chi connectivity index (χ1n) is 8.55. The van der Waals surface area contributed by atoms with E-state index in [4.69, 9.17) is 0 Å². The molecule has 0 spiro atoms. The van der Waals surface area contributed by atoms with Gasteiger partial charge < -0.3 is 4.98 Å². The van der Waals surface area contributed by atoms with Crippen molar-refractivity contribution in [2.45, 2.75) is 27.2 Å².